The summed E-state index contributed by atoms with van der Waals surface area (Å²) in [6, 6.07) is 16.8. The highest BCUT2D eigenvalue weighted by Crippen LogP contribution is 2.28. The van der Waals surface area contributed by atoms with Gasteiger partial charge in [0, 0.05) is 34.5 Å². The largest absolute Gasteiger partial charge is 0.323 e. The Kier molecular flexibility index (Phi) is 4.23. The molecule has 0 aliphatic carbocycles. The molecule has 0 radical (unpaired) electrons. The van der Waals surface area contributed by atoms with E-state index < -0.39 is 0 Å². The molecule has 106 valence electrons. The van der Waals surface area contributed by atoms with E-state index in [2.05, 4.69) is 54.4 Å². The molecule has 0 aliphatic heterocycles. The zero-order valence-electron chi connectivity index (χ0n) is 12.0. The van der Waals surface area contributed by atoms with Gasteiger partial charge in [0.05, 0.1) is 0 Å². The Morgan fingerprint density at radius 3 is 2.86 bits per heavy atom. The van der Waals surface area contributed by atoms with Crippen LogP contribution >= 0.6 is 11.8 Å². The topological polar surface area (TPSA) is 38.9 Å². The van der Waals surface area contributed by atoms with E-state index in [4.69, 9.17) is 5.73 Å². The molecule has 2 N–H and O–H groups in total. The van der Waals surface area contributed by atoms with Gasteiger partial charge in [0.1, 0.15) is 0 Å². The molecule has 0 spiro atoms. The SMILES string of the molecule is Cc1cccc(SCC(N)c2cccc3cnccc23)c1. The Balaban J connectivity index is 1.79. The molecular weight excluding hydrogens is 276 g/mol. The van der Waals surface area contributed by atoms with E-state index in [1.807, 2.05) is 18.5 Å². The first-order valence-electron chi connectivity index (χ1n) is 7.02. The number of hydrogen-bond donors (Lipinski definition) is 1. The number of aryl methyl sites for hydroxylation is 1. The molecule has 3 aromatic rings. The minimum atomic E-state index is 0.0154. The van der Waals surface area contributed by atoms with Crippen molar-refractivity contribution < 1.29 is 0 Å². The minimum Gasteiger partial charge on any atom is -0.323 e. The van der Waals surface area contributed by atoms with Crippen LogP contribution in [-0.2, 0) is 0 Å². The lowest BCUT2D eigenvalue weighted by atomic mass is 10.0. The number of benzene rings is 2. The Labute approximate surface area is 129 Å². The summed E-state index contributed by atoms with van der Waals surface area (Å²) in [7, 11) is 0. The van der Waals surface area contributed by atoms with Crippen LogP contribution in [0.2, 0.25) is 0 Å². The number of nitrogens with zero attached hydrogens (tertiary/aromatic N) is 1. The first-order chi connectivity index (χ1) is 10.2. The molecule has 1 aromatic heterocycles. The fourth-order valence-corrected chi connectivity index (χ4v) is 3.45. The van der Waals surface area contributed by atoms with Crippen molar-refractivity contribution >= 4 is 22.5 Å². The predicted molar refractivity (Wildman–Crippen MR) is 90.6 cm³/mol. The van der Waals surface area contributed by atoms with Crippen molar-refractivity contribution in [3.8, 4) is 0 Å². The molecule has 2 nitrogen and oxygen atoms in total. The predicted octanol–water partition coefficient (Wildman–Crippen LogP) is 4.34. The fraction of sp³-hybridized carbons (Fsp3) is 0.167. The van der Waals surface area contributed by atoms with Crippen molar-refractivity contribution in [1.29, 1.82) is 0 Å². The summed E-state index contributed by atoms with van der Waals surface area (Å²) >= 11 is 1.81. The van der Waals surface area contributed by atoms with Gasteiger partial charge in [-0.15, -0.1) is 11.8 Å². The molecule has 0 saturated heterocycles. The third kappa shape index (κ3) is 3.26. The first kappa shape index (κ1) is 14.1. The van der Waals surface area contributed by atoms with Crippen LogP contribution in [0.1, 0.15) is 17.2 Å². The van der Waals surface area contributed by atoms with Gasteiger partial charge in [-0.3, -0.25) is 4.98 Å². The molecular formula is C18H18N2S. The molecule has 1 unspecified atom stereocenters. The number of aromatic nitrogens is 1. The zero-order valence-corrected chi connectivity index (χ0v) is 12.8. The Hall–Kier alpha value is -1.84. The summed E-state index contributed by atoms with van der Waals surface area (Å²) in [6.45, 7) is 2.11. The van der Waals surface area contributed by atoms with Gasteiger partial charge >= 0.3 is 0 Å². The lowest BCUT2D eigenvalue weighted by molar-refractivity contribution is 0.840. The van der Waals surface area contributed by atoms with E-state index in [0.717, 1.165) is 11.1 Å². The van der Waals surface area contributed by atoms with Gasteiger partial charge in [0.2, 0.25) is 0 Å². The minimum absolute atomic E-state index is 0.0154. The van der Waals surface area contributed by atoms with E-state index in [1.165, 1.54) is 21.4 Å². The maximum Gasteiger partial charge on any atom is 0.0396 e. The standard InChI is InChI=1S/C18H18N2S/c1-13-4-2-6-15(10-13)21-12-18(19)17-7-3-5-14-11-20-9-8-16(14)17/h2-11,18H,12,19H2,1H3. The number of fused-ring (bicyclic) bond motifs is 1. The first-order valence-corrected chi connectivity index (χ1v) is 8.00. The van der Waals surface area contributed by atoms with Crippen LogP contribution in [0.15, 0.2) is 65.8 Å². The van der Waals surface area contributed by atoms with E-state index in [-0.39, 0.29) is 6.04 Å². The summed E-state index contributed by atoms with van der Waals surface area (Å²) < 4.78 is 0. The number of pyridine rings is 1. The van der Waals surface area contributed by atoms with Gasteiger partial charge in [-0.05, 0) is 36.1 Å². The second-order valence-corrected chi connectivity index (χ2v) is 6.27. The van der Waals surface area contributed by atoms with E-state index in [0.29, 0.717) is 0 Å². The molecule has 2 aromatic carbocycles. The normalized spacial score (nSPS) is 12.5. The van der Waals surface area contributed by atoms with Crippen LogP contribution in [0, 0.1) is 6.92 Å². The van der Waals surface area contributed by atoms with Crippen LogP contribution in [-0.4, -0.2) is 10.7 Å². The summed E-state index contributed by atoms with van der Waals surface area (Å²) in [5.41, 5.74) is 8.88. The number of thioether (sulfide) groups is 1. The molecule has 21 heavy (non-hydrogen) atoms. The second kappa shape index (κ2) is 6.29. The zero-order chi connectivity index (χ0) is 14.7. The van der Waals surface area contributed by atoms with Gasteiger partial charge < -0.3 is 5.73 Å². The van der Waals surface area contributed by atoms with Gasteiger partial charge in [-0.25, -0.2) is 0 Å². The lowest BCUT2D eigenvalue weighted by Crippen LogP contribution is -2.13. The van der Waals surface area contributed by atoms with Crippen molar-refractivity contribution in [3.63, 3.8) is 0 Å². The maximum absolute atomic E-state index is 6.41. The van der Waals surface area contributed by atoms with Crippen molar-refractivity contribution in [2.75, 3.05) is 5.75 Å². The average molecular weight is 294 g/mol. The second-order valence-electron chi connectivity index (χ2n) is 5.18. The number of nitrogens with two attached hydrogens (primary N) is 1. The average Bonchev–Trinajstić information content (AvgIpc) is 2.52. The monoisotopic (exact) mass is 294 g/mol. The van der Waals surface area contributed by atoms with Crippen molar-refractivity contribution in [2.24, 2.45) is 5.73 Å². The molecule has 3 heteroatoms. The lowest BCUT2D eigenvalue weighted by Gasteiger charge is -2.14. The third-order valence-corrected chi connectivity index (χ3v) is 4.65. The van der Waals surface area contributed by atoms with Gasteiger partial charge in [-0.2, -0.15) is 0 Å². The third-order valence-electron chi connectivity index (χ3n) is 3.53. The van der Waals surface area contributed by atoms with Gasteiger partial charge in [0.25, 0.3) is 0 Å². The van der Waals surface area contributed by atoms with Gasteiger partial charge in [0.15, 0.2) is 0 Å². The highest BCUT2D eigenvalue weighted by molar-refractivity contribution is 7.99. The molecule has 0 fully saturated rings. The summed E-state index contributed by atoms with van der Waals surface area (Å²) in [4.78, 5) is 5.44. The quantitative estimate of drug-likeness (QED) is 0.728. The maximum atomic E-state index is 6.41. The number of rotatable bonds is 4. The van der Waals surface area contributed by atoms with Crippen LogP contribution in [0.3, 0.4) is 0 Å². The van der Waals surface area contributed by atoms with Crippen LogP contribution in [0.4, 0.5) is 0 Å². The fourth-order valence-electron chi connectivity index (χ4n) is 2.45. The van der Waals surface area contributed by atoms with Crippen LogP contribution in [0.5, 0.6) is 0 Å². The summed E-state index contributed by atoms with van der Waals surface area (Å²) in [6.07, 6.45) is 3.71. The van der Waals surface area contributed by atoms with Crippen molar-refractivity contribution in [1.82, 2.24) is 4.98 Å². The molecule has 0 amide bonds. The molecule has 0 bridgehead atoms. The summed E-state index contributed by atoms with van der Waals surface area (Å²) in [5, 5.41) is 2.34. The highest BCUT2D eigenvalue weighted by atomic mass is 32.2. The van der Waals surface area contributed by atoms with E-state index >= 15 is 0 Å². The Morgan fingerprint density at radius 2 is 2.00 bits per heavy atom. The highest BCUT2D eigenvalue weighted by Gasteiger charge is 2.10. The van der Waals surface area contributed by atoms with Gasteiger partial charge in [-0.1, -0.05) is 35.9 Å². The Bertz CT molecular complexity index is 750. The molecule has 0 aliphatic rings. The molecule has 3 rings (SSSR count). The molecule has 1 heterocycles. The van der Waals surface area contributed by atoms with Crippen LogP contribution < -0.4 is 5.73 Å². The van der Waals surface area contributed by atoms with Crippen molar-refractivity contribution in [3.05, 3.63) is 72.1 Å². The molecule has 0 saturated carbocycles. The summed E-state index contributed by atoms with van der Waals surface area (Å²) in [5.74, 6) is 0.866. The van der Waals surface area contributed by atoms with Crippen molar-refractivity contribution in [2.45, 2.75) is 17.9 Å². The number of hydrogen-bond acceptors (Lipinski definition) is 3. The van der Waals surface area contributed by atoms with E-state index in [9.17, 15) is 0 Å². The smallest absolute Gasteiger partial charge is 0.0396 e. The van der Waals surface area contributed by atoms with E-state index in [1.54, 1.807) is 11.8 Å². The Morgan fingerprint density at radius 1 is 1.14 bits per heavy atom. The van der Waals surface area contributed by atoms with Crippen LogP contribution in [0.25, 0.3) is 10.8 Å². The molecule has 1 atom stereocenters.